The number of thiazole rings is 1. The zero-order valence-electron chi connectivity index (χ0n) is 15.4. The Hall–Kier alpha value is -2.90. The highest BCUT2D eigenvalue weighted by molar-refractivity contribution is 7.22. The Morgan fingerprint density at radius 3 is 2.68 bits per heavy atom. The summed E-state index contributed by atoms with van der Waals surface area (Å²) in [6.07, 6.45) is 0. The maximum Gasteiger partial charge on any atom is 0.267 e. The highest BCUT2D eigenvalue weighted by Gasteiger charge is 2.13. The SMILES string of the molecule is COc1ccc(OCc2csc(C(=O)Nc3nc4ccc(C)cc4s3)c2)cc1. The minimum atomic E-state index is -0.156. The Kier molecular flexibility index (Phi) is 5.27. The van der Waals surface area contributed by atoms with Crippen molar-refractivity contribution in [1.82, 2.24) is 4.98 Å². The summed E-state index contributed by atoms with van der Waals surface area (Å²) < 4.78 is 12.0. The molecule has 0 unspecified atom stereocenters. The molecule has 4 rings (SSSR count). The highest BCUT2D eigenvalue weighted by Crippen LogP contribution is 2.28. The quantitative estimate of drug-likeness (QED) is 0.456. The molecule has 5 nitrogen and oxygen atoms in total. The van der Waals surface area contributed by atoms with Gasteiger partial charge in [0.05, 0.1) is 22.2 Å². The van der Waals surface area contributed by atoms with E-state index in [1.54, 1.807) is 7.11 Å². The number of hydrogen-bond acceptors (Lipinski definition) is 6. The number of benzene rings is 2. The number of carbonyl (C=O) groups excluding carboxylic acids is 1. The summed E-state index contributed by atoms with van der Waals surface area (Å²) in [5.74, 6) is 1.38. The van der Waals surface area contributed by atoms with Gasteiger partial charge in [-0.25, -0.2) is 4.98 Å². The molecule has 0 aliphatic rings. The average molecular weight is 411 g/mol. The van der Waals surface area contributed by atoms with Crippen molar-refractivity contribution in [2.75, 3.05) is 12.4 Å². The summed E-state index contributed by atoms with van der Waals surface area (Å²) in [5.41, 5.74) is 3.02. The molecule has 2 aromatic carbocycles. The van der Waals surface area contributed by atoms with Crippen LogP contribution in [0.25, 0.3) is 10.2 Å². The number of thiophene rings is 1. The molecule has 0 radical (unpaired) electrons. The first-order valence-electron chi connectivity index (χ1n) is 8.63. The largest absolute Gasteiger partial charge is 0.497 e. The number of nitrogens with one attached hydrogen (secondary N) is 1. The highest BCUT2D eigenvalue weighted by atomic mass is 32.1. The fourth-order valence-electron chi connectivity index (χ4n) is 2.65. The fourth-order valence-corrected chi connectivity index (χ4v) is 4.40. The normalized spacial score (nSPS) is 10.8. The van der Waals surface area contributed by atoms with Gasteiger partial charge in [-0.1, -0.05) is 17.4 Å². The number of methoxy groups -OCH3 is 1. The molecule has 2 aromatic heterocycles. The van der Waals surface area contributed by atoms with Crippen LogP contribution in [-0.4, -0.2) is 18.0 Å². The van der Waals surface area contributed by atoms with Gasteiger partial charge in [0.15, 0.2) is 5.13 Å². The van der Waals surface area contributed by atoms with Crippen molar-refractivity contribution < 1.29 is 14.3 Å². The summed E-state index contributed by atoms with van der Waals surface area (Å²) >= 11 is 2.87. The summed E-state index contributed by atoms with van der Waals surface area (Å²) in [6, 6.07) is 15.3. The first kappa shape index (κ1) is 18.5. The van der Waals surface area contributed by atoms with Crippen LogP contribution in [0.1, 0.15) is 20.8 Å². The van der Waals surface area contributed by atoms with Crippen molar-refractivity contribution in [2.45, 2.75) is 13.5 Å². The maximum absolute atomic E-state index is 12.5. The monoisotopic (exact) mass is 410 g/mol. The van der Waals surface area contributed by atoms with Gasteiger partial charge in [-0.2, -0.15) is 0 Å². The second-order valence-corrected chi connectivity index (χ2v) is 8.17. The standard InChI is InChI=1S/C21H18N2O3S2/c1-13-3-8-17-18(9-13)28-21(22-17)23-20(24)19-10-14(12-27-19)11-26-16-6-4-15(25-2)5-7-16/h3-10,12H,11H2,1-2H3,(H,22,23,24). The van der Waals surface area contributed by atoms with Crippen molar-refractivity contribution in [3.63, 3.8) is 0 Å². The zero-order valence-corrected chi connectivity index (χ0v) is 17.0. The summed E-state index contributed by atoms with van der Waals surface area (Å²) in [5, 5.41) is 5.43. The van der Waals surface area contributed by atoms with Crippen molar-refractivity contribution >= 4 is 43.9 Å². The molecule has 7 heteroatoms. The molecule has 0 spiro atoms. The van der Waals surface area contributed by atoms with E-state index in [-0.39, 0.29) is 5.91 Å². The molecule has 1 amide bonds. The second-order valence-electron chi connectivity index (χ2n) is 6.23. The molecular weight excluding hydrogens is 392 g/mol. The maximum atomic E-state index is 12.5. The molecule has 1 N–H and O–H groups in total. The van der Waals surface area contributed by atoms with E-state index in [4.69, 9.17) is 9.47 Å². The van der Waals surface area contributed by atoms with Crippen LogP contribution in [0.2, 0.25) is 0 Å². The molecule has 4 aromatic rings. The molecule has 0 saturated carbocycles. The molecular formula is C21H18N2O3S2. The average Bonchev–Trinajstić information content (AvgIpc) is 3.33. The number of amides is 1. The van der Waals surface area contributed by atoms with Gasteiger partial charge in [0.1, 0.15) is 18.1 Å². The van der Waals surface area contributed by atoms with Crippen molar-refractivity contribution in [2.24, 2.45) is 0 Å². The Bertz CT molecular complexity index is 1120. The van der Waals surface area contributed by atoms with E-state index in [1.165, 1.54) is 28.2 Å². The predicted molar refractivity (Wildman–Crippen MR) is 114 cm³/mol. The number of anilines is 1. The first-order chi connectivity index (χ1) is 13.6. The number of fused-ring (bicyclic) bond motifs is 1. The van der Waals surface area contributed by atoms with Crippen LogP contribution in [0, 0.1) is 6.92 Å². The molecule has 28 heavy (non-hydrogen) atoms. The van der Waals surface area contributed by atoms with E-state index in [1.807, 2.05) is 54.8 Å². The molecule has 2 heterocycles. The van der Waals surface area contributed by atoms with E-state index in [0.717, 1.165) is 27.3 Å². The summed E-state index contributed by atoms with van der Waals surface area (Å²) in [6.45, 7) is 2.44. The minimum Gasteiger partial charge on any atom is -0.497 e. The van der Waals surface area contributed by atoms with E-state index in [9.17, 15) is 4.79 Å². The third-order valence-electron chi connectivity index (χ3n) is 4.11. The lowest BCUT2D eigenvalue weighted by molar-refractivity contribution is 0.103. The zero-order chi connectivity index (χ0) is 19.5. The summed E-state index contributed by atoms with van der Waals surface area (Å²) in [7, 11) is 1.63. The van der Waals surface area contributed by atoms with Gasteiger partial charge in [-0.3, -0.25) is 10.1 Å². The first-order valence-corrected chi connectivity index (χ1v) is 10.3. The molecule has 0 atom stereocenters. The van der Waals surface area contributed by atoms with Crippen LogP contribution in [0.3, 0.4) is 0 Å². The molecule has 0 bridgehead atoms. The van der Waals surface area contributed by atoms with E-state index in [0.29, 0.717) is 16.6 Å². The molecule has 142 valence electrons. The molecule has 0 aliphatic carbocycles. The van der Waals surface area contributed by atoms with Gasteiger partial charge >= 0.3 is 0 Å². The lowest BCUT2D eigenvalue weighted by Crippen LogP contribution is -2.09. The fraction of sp³-hybridized carbons (Fsp3) is 0.143. The van der Waals surface area contributed by atoms with Gasteiger partial charge in [0.2, 0.25) is 0 Å². The number of rotatable bonds is 6. The van der Waals surface area contributed by atoms with E-state index >= 15 is 0 Å². The molecule has 0 saturated heterocycles. The van der Waals surface area contributed by atoms with Crippen LogP contribution >= 0.6 is 22.7 Å². The van der Waals surface area contributed by atoms with Gasteiger partial charge in [0.25, 0.3) is 5.91 Å². The lowest BCUT2D eigenvalue weighted by Gasteiger charge is -2.05. The van der Waals surface area contributed by atoms with Crippen LogP contribution in [-0.2, 0) is 6.61 Å². The van der Waals surface area contributed by atoms with Gasteiger partial charge < -0.3 is 9.47 Å². The second kappa shape index (κ2) is 8.00. The number of nitrogens with zero attached hydrogens (tertiary/aromatic N) is 1. The van der Waals surface area contributed by atoms with Crippen molar-refractivity contribution in [3.05, 3.63) is 69.9 Å². The van der Waals surface area contributed by atoms with E-state index in [2.05, 4.69) is 16.4 Å². The third kappa shape index (κ3) is 4.16. The van der Waals surface area contributed by atoms with Crippen molar-refractivity contribution in [1.29, 1.82) is 0 Å². The van der Waals surface area contributed by atoms with Crippen LogP contribution in [0.5, 0.6) is 11.5 Å². The number of aryl methyl sites for hydroxylation is 1. The molecule has 0 fully saturated rings. The van der Waals surface area contributed by atoms with Crippen LogP contribution < -0.4 is 14.8 Å². The number of hydrogen-bond donors (Lipinski definition) is 1. The minimum absolute atomic E-state index is 0.156. The van der Waals surface area contributed by atoms with E-state index < -0.39 is 0 Å². The Labute approximate surface area is 170 Å². The number of ether oxygens (including phenoxy) is 2. The number of carbonyl (C=O) groups is 1. The van der Waals surface area contributed by atoms with Crippen LogP contribution in [0.15, 0.2) is 53.9 Å². The predicted octanol–water partition coefficient (Wildman–Crippen LogP) is 5.51. The summed E-state index contributed by atoms with van der Waals surface area (Å²) in [4.78, 5) is 17.6. The van der Waals surface area contributed by atoms with Gasteiger partial charge in [-0.15, -0.1) is 11.3 Å². The van der Waals surface area contributed by atoms with Crippen molar-refractivity contribution in [3.8, 4) is 11.5 Å². The lowest BCUT2D eigenvalue weighted by atomic mass is 10.2. The Balaban J connectivity index is 1.39. The van der Waals surface area contributed by atoms with Gasteiger partial charge in [0, 0.05) is 5.56 Å². The van der Waals surface area contributed by atoms with Gasteiger partial charge in [-0.05, 0) is 60.3 Å². The Morgan fingerprint density at radius 1 is 1.11 bits per heavy atom. The Morgan fingerprint density at radius 2 is 1.89 bits per heavy atom. The third-order valence-corrected chi connectivity index (χ3v) is 6.02. The topological polar surface area (TPSA) is 60.5 Å². The molecule has 0 aliphatic heterocycles. The smallest absolute Gasteiger partial charge is 0.267 e. The number of aromatic nitrogens is 1. The van der Waals surface area contributed by atoms with Crippen LogP contribution in [0.4, 0.5) is 5.13 Å².